The molecular formula is C14H24ClIN4. The number of aliphatic imine (C=N–C) groups is 1. The summed E-state index contributed by atoms with van der Waals surface area (Å²) < 4.78 is 0. The highest BCUT2D eigenvalue weighted by Gasteiger charge is 1.97. The summed E-state index contributed by atoms with van der Waals surface area (Å²) in [5.74, 6) is 0.855. The fourth-order valence-corrected chi connectivity index (χ4v) is 1.71. The molecular weight excluding hydrogens is 387 g/mol. The number of nitrogens with one attached hydrogen (secondary N) is 2. The fraction of sp³-hybridized carbons (Fsp3) is 0.571. The molecule has 1 rings (SSSR count). The molecule has 0 saturated heterocycles. The maximum Gasteiger partial charge on any atom is 0.191 e. The molecule has 0 amide bonds. The maximum atomic E-state index is 5.75. The van der Waals surface area contributed by atoms with Gasteiger partial charge in [0.1, 0.15) is 5.15 Å². The van der Waals surface area contributed by atoms with Crippen molar-refractivity contribution < 1.29 is 0 Å². The third-order valence-corrected chi connectivity index (χ3v) is 2.85. The van der Waals surface area contributed by atoms with Crippen LogP contribution >= 0.6 is 35.6 Å². The van der Waals surface area contributed by atoms with E-state index >= 15 is 0 Å². The lowest BCUT2D eigenvalue weighted by molar-refractivity contribution is 0.683. The summed E-state index contributed by atoms with van der Waals surface area (Å²) in [6.07, 6.45) is 5.40. The van der Waals surface area contributed by atoms with Crippen LogP contribution in [0.2, 0.25) is 5.15 Å². The largest absolute Gasteiger partial charge is 0.357 e. The van der Waals surface area contributed by atoms with Gasteiger partial charge in [0.2, 0.25) is 0 Å². The van der Waals surface area contributed by atoms with E-state index < -0.39 is 0 Å². The molecule has 1 heterocycles. The van der Waals surface area contributed by atoms with E-state index in [2.05, 4.69) is 34.5 Å². The predicted molar refractivity (Wildman–Crippen MR) is 97.0 cm³/mol. The van der Waals surface area contributed by atoms with E-state index in [0.717, 1.165) is 24.6 Å². The van der Waals surface area contributed by atoms with Gasteiger partial charge in [-0.25, -0.2) is 9.98 Å². The minimum absolute atomic E-state index is 0. The van der Waals surface area contributed by atoms with Crippen LogP contribution in [0.15, 0.2) is 23.3 Å². The fourth-order valence-electron chi connectivity index (χ4n) is 1.59. The molecule has 0 unspecified atom stereocenters. The Hall–Kier alpha value is -0.560. The van der Waals surface area contributed by atoms with Crippen molar-refractivity contribution in [2.75, 3.05) is 13.1 Å². The van der Waals surface area contributed by atoms with Crippen LogP contribution in [0.1, 0.15) is 38.7 Å². The average Bonchev–Trinajstić information content (AvgIpc) is 2.42. The molecule has 0 aliphatic heterocycles. The van der Waals surface area contributed by atoms with E-state index in [1.165, 1.54) is 19.3 Å². The van der Waals surface area contributed by atoms with Crippen LogP contribution in [-0.2, 0) is 6.54 Å². The van der Waals surface area contributed by atoms with Crippen LogP contribution in [0.4, 0.5) is 0 Å². The van der Waals surface area contributed by atoms with Crippen LogP contribution in [0.3, 0.4) is 0 Å². The zero-order valence-corrected chi connectivity index (χ0v) is 15.2. The number of hydrogen-bond donors (Lipinski definition) is 2. The second kappa shape index (κ2) is 12.2. The number of pyridine rings is 1. The first kappa shape index (κ1) is 19.4. The summed E-state index contributed by atoms with van der Waals surface area (Å²) in [5.41, 5.74) is 1.05. The van der Waals surface area contributed by atoms with Crippen molar-refractivity contribution in [2.24, 2.45) is 4.99 Å². The van der Waals surface area contributed by atoms with Gasteiger partial charge in [-0.05, 0) is 25.0 Å². The van der Waals surface area contributed by atoms with Gasteiger partial charge >= 0.3 is 0 Å². The molecule has 0 radical (unpaired) electrons. The monoisotopic (exact) mass is 410 g/mol. The second-order valence-electron chi connectivity index (χ2n) is 4.32. The lowest BCUT2D eigenvalue weighted by Crippen LogP contribution is -2.37. The molecule has 0 aliphatic carbocycles. The van der Waals surface area contributed by atoms with Crippen molar-refractivity contribution in [1.29, 1.82) is 0 Å². The molecule has 0 atom stereocenters. The highest BCUT2D eigenvalue weighted by Crippen LogP contribution is 2.05. The lowest BCUT2D eigenvalue weighted by Gasteiger charge is -2.10. The Bertz CT molecular complexity index is 381. The lowest BCUT2D eigenvalue weighted by atomic mass is 10.2. The quantitative estimate of drug-likeness (QED) is 0.237. The highest BCUT2D eigenvalue weighted by atomic mass is 127. The zero-order valence-electron chi connectivity index (χ0n) is 12.2. The SMILES string of the molecule is CCCCCNC(=NCc1ccc(Cl)nc1)NCC.I. The average molecular weight is 411 g/mol. The molecule has 0 saturated carbocycles. The topological polar surface area (TPSA) is 49.3 Å². The van der Waals surface area contributed by atoms with Gasteiger partial charge in [-0.1, -0.05) is 37.4 Å². The van der Waals surface area contributed by atoms with Crippen molar-refractivity contribution in [1.82, 2.24) is 15.6 Å². The first-order valence-electron chi connectivity index (χ1n) is 6.88. The van der Waals surface area contributed by atoms with Crippen LogP contribution < -0.4 is 10.6 Å². The number of halogens is 2. The molecule has 1 aromatic heterocycles. The van der Waals surface area contributed by atoms with E-state index in [1.54, 1.807) is 12.3 Å². The summed E-state index contributed by atoms with van der Waals surface area (Å²) in [5, 5.41) is 7.07. The Labute approximate surface area is 143 Å². The van der Waals surface area contributed by atoms with Crippen LogP contribution in [0.25, 0.3) is 0 Å². The Morgan fingerprint density at radius 2 is 2.05 bits per heavy atom. The molecule has 0 aromatic carbocycles. The molecule has 2 N–H and O–H groups in total. The number of hydrogen-bond acceptors (Lipinski definition) is 2. The van der Waals surface area contributed by atoms with E-state index in [1.807, 2.05) is 6.07 Å². The van der Waals surface area contributed by atoms with Gasteiger partial charge in [0.25, 0.3) is 0 Å². The molecule has 20 heavy (non-hydrogen) atoms. The van der Waals surface area contributed by atoms with Gasteiger partial charge in [-0.15, -0.1) is 24.0 Å². The van der Waals surface area contributed by atoms with Gasteiger partial charge in [-0.2, -0.15) is 0 Å². The molecule has 1 aromatic rings. The van der Waals surface area contributed by atoms with E-state index in [-0.39, 0.29) is 24.0 Å². The second-order valence-corrected chi connectivity index (χ2v) is 4.71. The predicted octanol–water partition coefficient (Wildman–Crippen LogP) is 3.60. The molecule has 114 valence electrons. The van der Waals surface area contributed by atoms with Gasteiger partial charge < -0.3 is 10.6 Å². The zero-order chi connectivity index (χ0) is 13.9. The smallest absolute Gasteiger partial charge is 0.191 e. The van der Waals surface area contributed by atoms with Crippen LogP contribution in [-0.4, -0.2) is 24.0 Å². The third-order valence-electron chi connectivity index (χ3n) is 2.63. The van der Waals surface area contributed by atoms with Crippen LogP contribution in [0.5, 0.6) is 0 Å². The number of nitrogens with zero attached hydrogens (tertiary/aromatic N) is 2. The Balaban J connectivity index is 0.00000361. The Morgan fingerprint density at radius 3 is 2.65 bits per heavy atom. The van der Waals surface area contributed by atoms with E-state index in [0.29, 0.717) is 11.7 Å². The minimum Gasteiger partial charge on any atom is -0.357 e. The summed E-state index contributed by atoms with van der Waals surface area (Å²) in [6, 6.07) is 3.73. The first-order valence-corrected chi connectivity index (χ1v) is 7.26. The van der Waals surface area contributed by atoms with Crippen molar-refractivity contribution in [3.05, 3.63) is 29.0 Å². The van der Waals surface area contributed by atoms with Crippen molar-refractivity contribution in [2.45, 2.75) is 39.7 Å². The third kappa shape index (κ3) is 8.58. The Morgan fingerprint density at radius 1 is 1.25 bits per heavy atom. The Kier molecular flexibility index (Phi) is 11.9. The molecule has 6 heteroatoms. The molecule has 0 fully saturated rings. The maximum absolute atomic E-state index is 5.75. The van der Waals surface area contributed by atoms with Gasteiger partial charge in [-0.3, -0.25) is 0 Å². The number of unbranched alkanes of at least 4 members (excludes halogenated alkanes) is 2. The molecule has 0 bridgehead atoms. The molecule has 0 spiro atoms. The highest BCUT2D eigenvalue weighted by molar-refractivity contribution is 14.0. The minimum atomic E-state index is 0. The molecule has 0 aliphatic rings. The number of aromatic nitrogens is 1. The van der Waals surface area contributed by atoms with E-state index in [4.69, 9.17) is 11.6 Å². The summed E-state index contributed by atoms with van der Waals surface area (Å²) >= 11 is 5.75. The normalized spacial score (nSPS) is 10.8. The van der Waals surface area contributed by atoms with Crippen molar-refractivity contribution in [3.8, 4) is 0 Å². The number of rotatable bonds is 7. The van der Waals surface area contributed by atoms with Gasteiger partial charge in [0, 0.05) is 19.3 Å². The molecule has 4 nitrogen and oxygen atoms in total. The van der Waals surface area contributed by atoms with Crippen molar-refractivity contribution >= 4 is 41.5 Å². The number of guanidine groups is 1. The van der Waals surface area contributed by atoms with E-state index in [9.17, 15) is 0 Å². The summed E-state index contributed by atoms with van der Waals surface area (Å²) in [4.78, 5) is 8.57. The van der Waals surface area contributed by atoms with Crippen LogP contribution in [0, 0.1) is 0 Å². The first-order chi connectivity index (χ1) is 9.26. The van der Waals surface area contributed by atoms with Gasteiger partial charge in [0.15, 0.2) is 5.96 Å². The summed E-state index contributed by atoms with van der Waals surface area (Å²) in [6.45, 7) is 6.68. The van der Waals surface area contributed by atoms with Crippen molar-refractivity contribution in [3.63, 3.8) is 0 Å². The van der Waals surface area contributed by atoms with Gasteiger partial charge in [0.05, 0.1) is 6.54 Å². The standard InChI is InChI=1S/C14H23ClN4.HI/c1-3-5-6-9-17-14(16-4-2)19-11-12-7-8-13(15)18-10-12;/h7-8,10H,3-6,9,11H2,1-2H3,(H2,16,17,19);1H. The summed E-state index contributed by atoms with van der Waals surface area (Å²) in [7, 11) is 0.